The van der Waals surface area contributed by atoms with E-state index in [1.165, 1.54) is 12.8 Å². The van der Waals surface area contributed by atoms with E-state index in [2.05, 4.69) is 14.9 Å². The number of hydrogen-bond acceptors (Lipinski definition) is 3. The maximum Gasteiger partial charge on any atom is 0.284 e. The first-order valence-electron chi connectivity index (χ1n) is 4.82. The zero-order valence-electron chi connectivity index (χ0n) is 7.99. The van der Waals surface area contributed by atoms with Gasteiger partial charge in [0.1, 0.15) is 0 Å². The first-order valence-corrected chi connectivity index (χ1v) is 4.82. The lowest BCUT2D eigenvalue weighted by Gasteiger charge is -2.12. The summed E-state index contributed by atoms with van der Waals surface area (Å²) in [5, 5.41) is 0. The molecule has 2 rings (SSSR count). The van der Waals surface area contributed by atoms with Crippen LogP contribution in [0.3, 0.4) is 0 Å². The molecule has 0 saturated carbocycles. The van der Waals surface area contributed by atoms with Crippen molar-refractivity contribution in [3.05, 3.63) is 17.7 Å². The number of rotatable bonds is 3. The fourth-order valence-corrected chi connectivity index (χ4v) is 1.75. The average molecular weight is 194 g/mol. The summed E-state index contributed by atoms with van der Waals surface area (Å²) in [5.41, 5.74) is 6.05. The van der Waals surface area contributed by atoms with Crippen LogP contribution in [0.25, 0.3) is 0 Å². The van der Waals surface area contributed by atoms with Crippen molar-refractivity contribution in [1.82, 2.24) is 14.9 Å². The summed E-state index contributed by atoms with van der Waals surface area (Å²) in [6.07, 6.45) is 4.20. The van der Waals surface area contributed by atoms with Crippen LogP contribution in [-0.2, 0) is 6.54 Å². The molecule has 0 atom stereocenters. The quantitative estimate of drug-likeness (QED) is 0.716. The largest absolute Gasteiger partial charge is 0.363 e. The van der Waals surface area contributed by atoms with E-state index in [0.717, 1.165) is 25.3 Å². The molecule has 1 saturated heterocycles. The number of imidazole rings is 1. The summed E-state index contributed by atoms with van der Waals surface area (Å²) in [6, 6.07) is 0. The molecule has 5 nitrogen and oxygen atoms in total. The molecule has 76 valence electrons. The molecule has 0 radical (unpaired) electrons. The predicted octanol–water partition coefficient (Wildman–Crippen LogP) is 0.104. The van der Waals surface area contributed by atoms with Crippen molar-refractivity contribution >= 4 is 5.91 Å². The van der Waals surface area contributed by atoms with Crippen LogP contribution in [-0.4, -0.2) is 33.9 Å². The zero-order chi connectivity index (χ0) is 9.97. The van der Waals surface area contributed by atoms with Crippen molar-refractivity contribution in [3.63, 3.8) is 0 Å². The number of carbonyl (C=O) groups excluding carboxylic acids is 1. The van der Waals surface area contributed by atoms with Gasteiger partial charge in [0.05, 0.1) is 6.20 Å². The first-order chi connectivity index (χ1) is 6.75. The van der Waals surface area contributed by atoms with Gasteiger partial charge in [0.25, 0.3) is 5.91 Å². The predicted molar refractivity (Wildman–Crippen MR) is 51.6 cm³/mol. The number of nitrogens with one attached hydrogen (secondary N) is 1. The standard InChI is InChI=1S/C9H14N4O/c10-8(14)9-11-5-7(12-9)6-13-3-1-2-4-13/h5H,1-4,6H2,(H2,10,14)(H,11,12). The van der Waals surface area contributed by atoms with Gasteiger partial charge in [-0.25, -0.2) is 4.98 Å². The third-order valence-corrected chi connectivity index (χ3v) is 2.45. The first kappa shape index (κ1) is 9.21. The maximum absolute atomic E-state index is 10.8. The molecule has 3 N–H and O–H groups in total. The van der Waals surface area contributed by atoms with Gasteiger partial charge in [-0.15, -0.1) is 0 Å². The minimum atomic E-state index is -0.502. The van der Waals surface area contributed by atoms with E-state index >= 15 is 0 Å². The molecule has 0 aromatic carbocycles. The number of likely N-dealkylation sites (tertiary alicyclic amines) is 1. The fourth-order valence-electron chi connectivity index (χ4n) is 1.75. The monoisotopic (exact) mass is 194 g/mol. The number of carbonyl (C=O) groups is 1. The van der Waals surface area contributed by atoms with Crippen LogP contribution in [0.2, 0.25) is 0 Å². The Labute approximate surface area is 82.3 Å². The Hall–Kier alpha value is -1.36. The van der Waals surface area contributed by atoms with Gasteiger partial charge in [-0.2, -0.15) is 0 Å². The van der Waals surface area contributed by atoms with Crippen molar-refractivity contribution < 1.29 is 4.79 Å². The van der Waals surface area contributed by atoms with Crippen molar-refractivity contribution in [1.29, 1.82) is 0 Å². The van der Waals surface area contributed by atoms with Crippen LogP contribution in [0.5, 0.6) is 0 Å². The van der Waals surface area contributed by atoms with Crippen LogP contribution in [0.1, 0.15) is 29.2 Å². The molecule has 1 aromatic heterocycles. The van der Waals surface area contributed by atoms with E-state index in [9.17, 15) is 4.79 Å². The molecule has 1 aromatic rings. The highest BCUT2D eigenvalue weighted by atomic mass is 16.1. The summed E-state index contributed by atoms with van der Waals surface area (Å²) < 4.78 is 0. The van der Waals surface area contributed by atoms with E-state index < -0.39 is 5.91 Å². The Kier molecular flexibility index (Phi) is 2.49. The number of aromatic nitrogens is 2. The van der Waals surface area contributed by atoms with E-state index in [1.807, 2.05) is 0 Å². The second-order valence-electron chi connectivity index (χ2n) is 3.60. The second kappa shape index (κ2) is 3.79. The minimum absolute atomic E-state index is 0.249. The maximum atomic E-state index is 10.8. The summed E-state index contributed by atoms with van der Waals surface area (Å²) in [5.74, 6) is -0.253. The lowest BCUT2D eigenvalue weighted by atomic mass is 10.4. The molecule has 0 bridgehead atoms. The zero-order valence-corrected chi connectivity index (χ0v) is 7.99. The molecule has 0 unspecified atom stereocenters. The van der Waals surface area contributed by atoms with Crippen LogP contribution in [0.4, 0.5) is 0 Å². The van der Waals surface area contributed by atoms with Crippen molar-refractivity contribution in [2.75, 3.05) is 13.1 Å². The third kappa shape index (κ3) is 1.93. The van der Waals surface area contributed by atoms with Crippen molar-refractivity contribution in [3.8, 4) is 0 Å². The number of nitrogens with zero attached hydrogens (tertiary/aromatic N) is 2. The Bertz CT molecular complexity index is 327. The van der Waals surface area contributed by atoms with Gasteiger partial charge >= 0.3 is 0 Å². The molecule has 1 aliphatic heterocycles. The molecule has 2 heterocycles. The number of amides is 1. The Balaban J connectivity index is 1.98. The van der Waals surface area contributed by atoms with Gasteiger partial charge in [0.15, 0.2) is 5.82 Å². The number of primary amides is 1. The average Bonchev–Trinajstić information content (AvgIpc) is 2.75. The van der Waals surface area contributed by atoms with Crippen molar-refractivity contribution in [2.24, 2.45) is 5.73 Å². The molecule has 14 heavy (non-hydrogen) atoms. The molecule has 5 heteroatoms. The molecule has 1 aliphatic rings. The molecular formula is C9H14N4O. The third-order valence-electron chi connectivity index (χ3n) is 2.45. The molecule has 1 fully saturated rings. The number of H-pyrrole nitrogens is 1. The smallest absolute Gasteiger partial charge is 0.284 e. The van der Waals surface area contributed by atoms with Gasteiger partial charge in [-0.05, 0) is 25.9 Å². The van der Waals surface area contributed by atoms with Crippen LogP contribution >= 0.6 is 0 Å². The van der Waals surface area contributed by atoms with E-state index in [1.54, 1.807) is 6.20 Å². The SMILES string of the molecule is NC(=O)c1ncc(CN2CCCC2)[nH]1. The van der Waals surface area contributed by atoms with E-state index in [-0.39, 0.29) is 5.82 Å². The van der Waals surface area contributed by atoms with Crippen LogP contribution in [0.15, 0.2) is 6.20 Å². The summed E-state index contributed by atoms with van der Waals surface area (Å²) >= 11 is 0. The van der Waals surface area contributed by atoms with Gasteiger partial charge < -0.3 is 10.7 Å². The minimum Gasteiger partial charge on any atom is -0.363 e. The van der Waals surface area contributed by atoms with Gasteiger partial charge in [-0.1, -0.05) is 0 Å². The number of aromatic amines is 1. The Morgan fingerprint density at radius 1 is 1.57 bits per heavy atom. The molecule has 0 aliphatic carbocycles. The highest BCUT2D eigenvalue weighted by Gasteiger charge is 2.13. The second-order valence-corrected chi connectivity index (χ2v) is 3.60. The Morgan fingerprint density at radius 3 is 2.86 bits per heavy atom. The van der Waals surface area contributed by atoms with Gasteiger partial charge in [0.2, 0.25) is 0 Å². The topological polar surface area (TPSA) is 75.0 Å². The fraction of sp³-hybridized carbons (Fsp3) is 0.556. The van der Waals surface area contributed by atoms with Crippen LogP contribution in [0, 0.1) is 0 Å². The lowest BCUT2D eigenvalue weighted by Crippen LogP contribution is -2.19. The highest BCUT2D eigenvalue weighted by Crippen LogP contribution is 2.10. The lowest BCUT2D eigenvalue weighted by molar-refractivity contribution is 0.0991. The Morgan fingerprint density at radius 2 is 2.29 bits per heavy atom. The van der Waals surface area contributed by atoms with Gasteiger partial charge in [-0.3, -0.25) is 9.69 Å². The molecule has 1 amide bonds. The van der Waals surface area contributed by atoms with Gasteiger partial charge in [0, 0.05) is 12.2 Å². The van der Waals surface area contributed by atoms with Crippen LogP contribution < -0.4 is 5.73 Å². The summed E-state index contributed by atoms with van der Waals surface area (Å²) in [4.78, 5) is 19.9. The molecule has 0 spiro atoms. The summed E-state index contributed by atoms with van der Waals surface area (Å²) in [7, 11) is 0. The highest BCUT2D eigenvalue weighted by molar-refractivity contribution is 5.88. The van der Waals surface area contributed by atoms with Crippen molar-refractivity contribution in [2.45, 2.75) is 19.4 Å². The van der Waals surface area contributed by atoms with E-state index in [0.29, 0.717) is 0 Å². The number of hydrogen-bond donors (Lipinski definition) is 2. The summed E-state index contributed by atoms with van der Waals surface area (Å²) in [6.45, 7) is 3.09. The normalized spacial score (nSPS) is 17.4. The molecular weight excluding hydrogens is 180 g/mol. The number of nitrogens with two attached hydrogens (primary N) is 1. The van der Waals surface area contributed by atoms with E-state index in [4.69, 9.17) is 5.73 Å².